The van der Waals surface area contributed by atoms with E-state index in [0.29, 0.717) is 6.04 Å². The molecule has 1 rings (SSSR count). The second-order valence-electron chi connectivity index (χ2n) is 4.78. The van der Waals surface area contributed by atoms with Crippen LogP contribution >= 0.6 is 0 Å². The van der Waals surface area contributed by atoms with Crippen LogP contribution in [0, 0.1) is 0 Å². The molecule has 1 aliphatic rings. The summed E-state index contributed by atoms with van der Waals surface area (Å²) in [6.45, 7) is 14.0. The fraction of sp³-hybridized carbons (Fsp3) is 0.917. The van der Waals surface area contributed by atoms with E-state index in [4.69, 9.17) is 4.74 Å². The number of carbonyl (C=O) groups excluding carboxylic acids is 1. The second kappa shape index (κ2) is 6.74. The largest absolute Gasteiger partial charge is 0.444 e. The molecule has 1 fully saturated rings. The van der Waals surface area contributed by atoms with E-state index in [1.807, 2.05) is 34.6 Å². The molecular formula is C12H26N2O2. The van der Waals surface area contributed by atoms with Crippen LogP contribution in [0.25, 0.3) is 0 Å². The summed E-state index contributed by atoms with van der Waals surface area (Å²) in [5.74, 6) is 0. The SMILES string of the molecule is CC.C[C@@H]1CN(C(=O)OC(C)(C)C)CCN1. The number of ether oxygens (including phenoxy) is 1. The van der Waals surface area contributed by atoms with Gasteiger partial charge in [0.2, 0.25) is 0 Å². The monoisotopic (exact) mass is 230 g/mol. The number of hydrogen-bond acceptors (Lipinski definition) is 3. The molecule has 0 aromatic rings. The molecule has 1 saturated heterocycles. The third kappa shape index (κ3) is 5.95. The van der Waals surface area contributed by atoms with Crippen LogP contribution in [0.2, 0.25) is 0 Å². The lowest BCUT2D eigenvalue weighted by molar-refractivity contribution is 0.0201. The summed E-state index contributed by atoms with van der Waals surface area (Å²) in [4.78, 5) is 13.4. The van der Waals surface area contributed by atoms with Gasteiger partial charge < -0.3 is 15.0 Å². The Hall–Kier alpha value is -0.770. The number of carbonyl (C=O) groups is 1. The average molecular weight is 230 g/mol. The highest BCUT2D eigenvalue weighted by Gasteiger charge is 2.25. The smallest absolute Gasteiger partial charge is 0.410 e. The molecule has 16 heavy (non-hydrogen) atoms. The fourth-order valence-electron chi connectivity index (χ4n) is 1.42. The van der Waals surface area contributed by atoms with Crippen LogP contribution in [-0.2, 0) is 4.74 Å². The van der Waals surface area contributed by atoms with E-state index < -0.39 is 5.60 Å². The quantitative estimate of drug-likeness (QED) is 0.694. The summed E-state index contributed by atoms with van der Waals surface area (Å²) >= 11 is 0. The van der Waals surface area contributed by atoms with Crippen LogP contribution in [0.3, 0.4) is 0 Å². The third-order valence-corrected chi connectivity index (χ3v) is 2.02. The lowest BCUT2D eigenvalue weighted by atomic mass is 10.2. The van der Waals surface area contributed by atoms with Crippen molar-refractivity contribution in [2.45, 2.75) is 53.2 Å². The molecule has 0 saturated carbocycles. The van der Waals surface area contributed by atoms with E-state index in [9.17, 15) is 4.79 Å². The summed E-state index contributed by atoms with van der Waals surface area (Å²) < 4.78 is 5.28. The van der Waals surface area contributed by atoms with Gasteiger partial charge in [0.25, 0.3) is 0 Å². The van der Waals surface area contributed by atoms with Crippen LogP contribution < -0.4 is 5.32 Å². The molecule has 1 aliphatic heterocycles. The zero-order valence-corrected chi connectivity index (χ0v) is 11.5. The number of amides is 1. The molecule has 96 valence electrons. The van der Waals surface area contributed by atoms with Crippen molar-refractivity contribution in [1.29, 1.82) is 0 Å². The maximum Gasteiger partial charge on any atom is 0.410 e. The van der Waals surface area contributed by atoms with E-state index in [0.717, 1.165) is 19.6 Å². The summed E-state index contributed by atoms with van der Waals surface area (Å²) in [5, 5.41) is 3.28. The maximum atomic E-state index is 11.6. The van der Waals surface area contributed by atoms with Gasteiger partial charge in [-0.05, 0) is 27.7 Å². The van der Waals surface area contributed by atoms with Crippen molar-refractivity contribution in [3.8, 4) is 0 Å². The Balaban J connectivity index is 0.00000106. The molecular weight excluding hydrogens is 204 g/mol. The number of piperazine rings is 1. The average Bonchev–Trinajstić information content (AvgIpc) is 2.18. The fourth-order valence-corrected chi connectivity index (χ4v) is 1.42. The van der Waals surface area contributed by atoms with Crippen LogP contribution in [-0.4, -0.2) is 42.3 Å². The summed E-state index contributed by atoms with van der Waals surface area (Å²) in [6, 6.07) is 0.358. The standard InChI is InChI=1S/C10H20N2O2.C2H6/c1-8-7-12(6-5-11-8)9(13)14-10(2,3)4;1-2/h8,11H,5-7H2,1-4H3;1-2H3/t8-;/m1./s1. The van der Waals surface area contributed by atoms with Gasteiger partial charge in [0.1, 0.15) is 5.60 Å². The first-order chi connectivity index (χ1) is 7.38. The molecule has 0 aromatic heterocycles. The molecule has 1 atom stereocenters. The summed E-state index contributed by atoms with van der Waals surface area (Å²) in [7, 11) is 0. The van der Waals surface area contributed by atoms with Crippen molar-refractivity contribution in [2.24, 2.45) is 0 Å². The molecule has 0 radical (unpaired) electrons. The second-order valence-corrected chi connectivity index (χ2v) is 4.78. The minimum atomic E-state index is -0.398. The van der Waals surface area contributed by atoms with Crippen LogP contribution in [0.4, 0.5) is 4.79 Å². The van der Waals surface area contributed by atoms with Crippen molar-refractivity contribution < 1.29 is 9.53 Å². The number of nitrogens with one attached hydrogen (secondary N) is 1. The Morgan fingerprint density at radius 1 is 1.38 bits per heavy atom. The predicted molar refractivity (Wildman–Crippen MR) is 66.6 cm³/mol. The predicted octanol–water partition coefficient (Wildman–Crippen LogP) is 2.24. The lowest BCUT2D eigenvalue weighted by Crippen LogP contribution is -2.52. The van der Waals surface area contributed by atoms with Crippen molar-refractivity contribution in [1.82, 2.24) is 10.2 Å². The first-order valence-electron chi connectivity index (χ1n) is 6.10. The highest BCUT2D eigenvalue weighted by molar-refractivity contribution is 5.68. The molecule has 0 aliphatic carbocycles. The normalized spacial score (nSPS) is 20.9. The van der Waals surface area contributed by atoms with Gasteiger partial charge in [-0.1, -0.05) is 13.8 Å². The van der Waals surface area contributed by atoms with Crippen molar-refractivity contribution in [3.05, 3.63) is 0 Å². The van der Waals surface area contributed by atoms with E-state index in [1.165, 1.54) is 0 Å². The van der Waals surface area contributed by atoms with E-state index in [1.54, 1.807) is 4.90 Å². The van der Waals surface area contributed by atoms with Crippen molar-refractivity contribution >= 4 is 6.09 Å². The van der Waals surface area contributed by atoms with Crippen LogP contribution in [0.5, 0.6) is 0 Å². The Kier molecular flexibility index (Phi) is 6.41. The van der Waals surface area contributed by atoms with Crippen LogP contribution in [0.1, 0.15) is 41.5 Å². The molecule has 0 spiro atoms. The van der Waals surface area contributed by atoms with Gasteiger partial charge >= 0.3 is 6.09 Å². The Labute approximate surface area is 99.3 Å². The number of hydrogen-bond donors (Lipinski definition) is 1. The molecule has 1 N–H and O–H groups in total. The summed E-state index contributed by atoms with van der Waals surface area (Å²) in [5.41, 5.74) is -0.398. The van der Waals surface area contributed by atoms with Crippen molar-refractivity contribution in [3.63, 3.8) is 0 Å². The molecule has 0 unspecified atom stereocenters. The minimum absolute atomic E-state index is 0.203. The van der Waals surface area contributed by atoms with Gasteiger partial charge in [-0.2, -0.15) is 0 Å². The van der Waals surface area contributed by atoms with Gasteiger partial charge in [0.05, 0.1) is 0 Å². The van der Waals surface area contributed by atoms with Gasteiger partial charge in [-0.25, -0.2) is 4.79 Å². The van der Waals surface area contributed by atoms with Gasteiger partial charge in [0, 0.05) is 25.7 Å². The highest BCUT2D eigenvalue weighted by Crippen LogP contribution is 2.11. The minimum Gasteiger partial charge on any atom is -0.444 e. The summed E-state index contributed by atoms with van der Waals surface area (Å²) in [6.07, 6.45) is -0.203. The van der Waals surface area contributed by atoms with E-state index in [-0.39, 0.29) is 6.09 Å². The third-order valence-electron chi connectivity index (χ3n) is 2.02. The number of rotatable bonds is 0. The van der Waals surface area contributed by atoms with Gasteiger partial charge in [0.15, 0.2) is 0 Å². The zero-order chi connectivity index (χ0) is 12.8. The molecule has 0 bridgehead atoms. The number of nitrogens with zero attached hydrogens (tertiary/aromatic N) is 1. The zero-order valence-electron chi connectivity index (χ0n) is 11.5. The molecule has 4 heteroatoms. The van der Waals surface area contributed by atoms with E-state index in [2.05, 4.69) is 12.2 Å². The van der Waals surface area contributed by atoms with Crippen LogP contribution in [0.15, 0.2) is 0 Å². The molecule has 0 aromatic carbocycles. The highest BCUT2D eigenvalue weighted by atomic mass is 16.6. The Morgan fingerprint density at radius 3 is 2.38 bits per heavy atom. The Bertz CT molecular complexity index is 212. The van der Waals surface area contributed by atoms with Gasteiger partial charge in [-0.3, -0.25) is 0 Å². The van der Waals surface area contributed by atoms with Crippen molar-refractivity contribution in [2.75, 3.05) is 19.6 Å². The first kappa shape index (κ1) is 15.2. The molecule has 1 heterocycles. The maximum absolute atomic E-state index is 11.6. The van der Waals surface area contributed by atoms with E-state index >= 15 is 0 Å². The Morgan fingerprint density at radius 2 is 1.94 bits per heavy atom. The lowest BCUT2D eigenvalue weighted by Gasteiger charge is -2.33. The topological polar surface area (TPSA) is 41.6 Å². The van der Waals surface area contributed by atoms with Gasteiger partial charge in [-0.15, -0.1) is 0 Å². The first-order valence-corrected chi connectivity index (χ1v) is 6.10. The molecule has 4 nitrogen and oxygen atoms in total. The molecule has 1 amide bonds.